The molecule has 0 heterocycles. The number of amides is 1. The minimum atomic E-state index is -0.442. The third-order valence-electron chi connectivity index (χ3n) is 2.98. The number of ether oxygens (including phenoxy) is 2. The first-order valence-corrected chi connectivity index (χ1v) is 7.34. The maximum atomic E-state index is 11.7. The molecule has 0 aliphatic heterocycles. The van der Waals surface area contributed by atoms with Gasteiger partial charge < -0.3 is 14.8 Å². The van der Waals surface area contributed by atoms with Crippen molar-refractivity contribution in [1.82, 2.24) is 5.32 Å². The van der Waals surface area contributed by atoms with Crippen LogP contribution in [0.1, 0.15) is 54.4 Å². The maximum Gasteiger partial charge on any atom is 0.407 e. The number of esters is 1. The van der Waals surface area contributed by atoms with Gasteiger partial charge in [-0.05, 0) is 19.3 Å². The number of carbonyl (C=O) groups is 2. The molecule has 1 amide bonds. The molecule has 118 valence electrons. The minimum absolute atomic E-state index is 0.156. The highest BCUT2D eigenvalue weighted by atomic mass is 16.6. The average molecular weight is 287 g/mol. The van der Waals surface area contributed by atoms with Crippen LogP contribution in [0.4, 0.5) is 4.79 Å². The summed E-state index contributed by atoms with van der Waals surface area (Å²) < 4.78 is 10.7. The number of hydrogen-bond acceptors (Lipinski definition) is 4. The van der Waals surface area contributed by atoms with Crippen LogP contribution in [-0.4, -0.2) is 31.3 Å². The SMILES string of the molecule is CCCC(=O)OC(C(C)C)C(C)(C)COC(=O)NCC. The summed E-state index contributed by atoms with van der Waals surface area (Å²) in [4.78, 5) is 23.1. The number of nitrogens with one attached hydrogen (secondary N) is 1. The average Bonchev–Trinajstić information content (AvgIpc) is 2.34. The van der Waals surface area contributed by atoms with Gasteiger partial charge in [0.05, 0.1) is 0 Å². The van der Waals surface area contributed by atoms with Crippen molar-refractivity contribution >= 4 is 12.1 Å². The van der Waals surface area contributed by atoms with Gasteiger partial charge in [-0.3, -0.25) is 4.79 Å². The van der Waals surface area contributed by atoms with Crippen LogP contribution in [-0.2, 0) is 14.3 Å². The van der Waals surface area contributed by atoms with Gasteiger partial charge in [0.25, 0.3) is 0 Å². The Morgan fingerprint density at radius 1 is 1.20 bits per heavy atom. The number of hydrogen-bond donors (Lipinski definition) is 1. The lowest BCUT2D eigenvalue weighted by Gasteiger charge is -2.35. The molecule has 5 heteroatoms. The van der Waals surface area contributed by atoms with Crippen LogP contribution in [0.5, 0.6) is 0 Å². The molecular formula is C15H29NO4. The zero-order valence-electron chi connectivity index (χ0n) is 13.6. The maximum absolute atomic E-state index is 11.7. The second-order valence-electron chi connectivity index (χ2n) is 6.00. The highest BCUT2D eigenvalue weighted by Crippen LogP contribution is 2.30. The Hall–Kier alpha value is -1.26. The first-order chi connectivity index (χ1) is 9.24. The first-order valence-electron chi connectivity index (χ1n) is 7.34. The number of rotatable bonds is 8. The van der Waals surface area contributed by atoms with Crippen molar-refractivity contribution in [2.75, 3.05) is 13.2 Å². The van der Waals surface area contributed by atoms with E-state index in [0.717, 1.165) is 6.42 Å². The number of alkyl carbamates (subject to hydrolysis) is 1. The van der Waals surface area contributed by atoms with E-state index in [2.05, 4.69) is 5.32 Å². The molecule has 1 atom stereocenters. The molecule has 0 aliphatic carbocycles. The highest BCUT2D eigenvalue weighted by Gasteiger charge is 2.36. The minimum Gasteiger partial charge on any atom is -0.461 e. The molecule has 0 aromatic rings. The van der Waals surface area contributed by atoms with E-state index in [1.807, 2.05) is 41.5 Å². The molecule has 0 fully saturated rings. The fraction of sp³-hybridized carbons (Fsp3) is 0.867. The predicted octanol–water partition coefficient (Wildman–Crippen LogP) is 3.13. The Kier molecular flexibility index (Phi) is 8.26. The Morgan fingerprint density at radius 2 is 1.80 bits per heavy atom. The van der Waals surface area contributed by atoms with Crippen molar-refractivity contribution in [2.24, 2.45) is 11.3 Å². The Morgan fingerprint density at radius 3 is 2.25 bits per heavy atom. The van der Waals surface area contributed by atoms with Crippen LogP contribution in [0, 0.1) is 11.3 Å². The van der Waals surface area contributed by atoms with Crippen molar-refractivity contribution < 1.29 is 19.1 Å². The third kappa shape index (κ3) is 6.78. The standard InChI is InChI=1S/C15H29NO4/c1-7-9-12(17)20-13(11(3)4)15(5,6)10-19-14(18)16-8-2/h11,13H,7-10H2,1-6H3,(H,16,18). The second-order valence-corrected chi connectivity index (χ2v) is 6.00. The van der Waals surface area contributed by atoms with Crippen molar-refractivity contribution in [1.29, 1.82) is 0 Å². The monoisotopic (exact) mass is 287 g/mol. The molecule has 0 aromatic carbocycles. The van der Waals surface area contributed by atoms with E-state index in [9.17, 15) is 9.59 Å². The second kappa shape index (κ2) is 8.82. The lowest BCUT2D eigenvalue weighted by molar-refractivity contribution is -0.161. The first kappa shape index (κ1) is 18.7. The molecule has 0 aromatic heterocycles. The smallest absolute Gasteiger partial charge is 0.407 e. The van der Waals surface area contributed by atoms with Crippen molar-refractivity contribution in [2.45, 2.75) is 60.5 Å². The summed E-state index contributed by atoms with van der Waals surface area (Å²) >= 11 is 0. The van der Waals surface area contributed by atoms with E-state index in [0.29, 0.717) is 13.0 Å². The van der Waals surface area contributed by atoms with Gasteiger partial charge in [0.15, 0.2) is 0 Å². The molecule has 0 bridgehead atoms. The van der Waals surface area contributed by atoms with Gasteiger partial charge in [0.1, 0.15) is 12.7 Å². The molecule has 1 N–H and O–H groups in total. The quantitative estimate of drug-likeness (QED) is 0.697. The molecule has 0 radical (unpaired) electrons. The van der Waals surface area contributed by atoms with Gasteiger partial charge in [-0.15, -0.1) is 0 Å². The van der Waals surface area contributed by atoms with E-state index in [1.54, 1.807) is 0 Å². The summed E-state index contributed by atoms with van der Waals surface area (Å²) in [5.41, 5.74) is -0.428. The summed E-state index contributed by atoms with van der Waals surface area (Å²) in [7, 11) is 0. The Bertz CT molecular complexity index is 313. The molecular weight excluding hydrogens is 258 g/mol. The number of carbonyl (C=O) groups excluding carboxylic acids is 2. The lowest BCUT2D eigenvalue weighted by Crippen LogP contribution is -2.42. The molecule has 0 saturated carbocycles. The van der Waals surface area contributed by atoms with E-state index in [1.165, 1.54) is 0 Å². The van der Waals surface area contributed by atoms with Gasteiger partial charge in [0, 0.05) is 18.4 Å². The normalized spacial score (nSPS) is 12.9. The van der Waals surface area contributed by atoms with Crippen LogP contribution < -0.4 is 5.32 Å². The largest absolute Gasteiger partial charge is 0.461 e. The summed E-state index contributed by atoms with van der Waals surface area (Å²) in [6, 6.07) is 0. The van der Waals surface area contributed by atoms with Gasteiger partial charge in [-0.25, -0.2) is 4.79 Å². The summed E-state index contributed by atoms with van der Waals surface area (Å²) in [5.74, 6) is -0.0408. The molecule has 0 rings (SSSR count). The molecule has 20 heavy (non-hydrogen) atoms. The molecule has 1 unspecified atom stereocenters. The van der Waals surface area contributed by atoms with Crippen LogP contribution in [0.2, 0.25) is 0 Å². The molecule has 0 aliphatic rings. The van der Waals surface area contributed by atoms with Crippen LogP contribution in [0.3, 0.4) is 0 Å². The van der Waals surface area contributed by atoms with Crippen LogP contribution in [0.15, 0.2) is 0 Å². The van der Waals surface area contributed by atoms with Gasteiger partial charge in [-0.2, -0.15) is 0 Å². The van der Waals surface area contributed by atoms with Crippen LogP contribution in [0.25, 0.3) is 0 Å². The van der Waals surface area contributed by atoms with E-state index in [4.69, 9.17) is 9.47 Å². The molecule has 5 nitrogen and oxygen atoms in total. The zero-order valence-corrected chi connectivity index (χ0v) is 13.6. The molecule has 0 saturated heterocycles. The summed E-state index contributed by atoms with van der Waals surface area (Å²) in [6.45, 7) is 12.4. The fourth-order valence-corrected chi connectivity index (χ4v) is 2.13. The van der Waals surface area contributed by atoms with E-state index >= 15 is 0 Å². The van der Waals surface area contributed by atoms with Gasteiger partial charge in [0.2, 0.25) is 0 Å². The Balaban J connectivity index is 4.62. The Labute approximate surface area is 122 Å². The van der Waals surface area contributed by atoms with Gasteiger partial charge in [-0.1, -0.05) is 34.6 Å². The van der Waals surface area contributed by atoms with Crippen molar-refractivity contribution in [3.05, 3.63) is 0 Å². The van der Waals surface area contributed by atoms with Crippen molar-refractivity contribution in [3.63, 3.8) is 0 Å². The van der Waals surface area contributed by atoms with Gasteiger partial charge >= 0.3 is 12.1 Å². The third-order valence-corrected chi connectivity index (χ3v) is 2.98. The molecule has 0 spiro atoms. The highest BCUT2D eigenvalue weighted by molar-refractivity contribution is 5.69. The van der Waals surface area contributed by atoms with E-state index < -0.39 is 11.5 Å². The fourth-order valence-electron chi connectivity index (χ4n) is 2.13. The summed E-state index contributed by atoms with van der Waals surface area (Å²) in [6.07, 6.45) is 0.453. The zero-order chi connectivity index (χ0) is 15.8. The van der Waals surface area contributed by atoms with Crippen molar-refractivity contribution in [3.8, 4) is 0 Å². The lowest BCUT2D eigenvalue weighted by atomic mass is 9.81. The topological polar surface area (TPSA) is 64.6 Å². The van der Waals surface area contributed by atoms with E-state index in [-0.39, 0.29) is 24.6 Å². The predicted molar refractivity (Wildman–Crippen MR) is 78.4 cm³/mol. The summed E-state index contributed by atoms with van der Waals surface area (Å²) in [5, 5.41) is 2.58. The van der Waals surface area contributed by atoms with Crippen LogP contribution >= 0.6 is 0 Å².